The average molecular weight is 273 g/mol. The Hall–Kier alpha value is -2.58. The number of carbonyl (C=O) groups excluding carboxylic acids is 1. The molecule has 0 aliphatic rings. The van der Waals surface area contributed by atoms with Crippen molar-refractivity contribution in [1.29, 1.82) is 5.26 Å². The highest BCUT2D eigenvalue weighted by Gasteiger charge is 2.14. The summed E-state index contributed by atoms with van der Waals surface area (Å²) in [6.07, 6.45) is 1.61. The number of nitriles is 1. The van der Waals surface area contributed by atoms with E-state index in [9.17, 15) is 4.79 Å². The van der Waals surface area contributed by atoms with Crippen LogP contribution in [0.2, 0.25) is 5.02 Å². The first-order chi connectivity index (χ1) is 9.20. The van der Waals surface area contributed by atoms with Crippen LogP contribution in [0, 0.1) is 11.3 Å². The van der Waals surface area contributed by atoms with Crippen LogP contribution in [-0.2, 0) is 0 Å². The lowest BCUT2D eigenvalue weighted by atomic mass is 10.2. The molecule has 0 amide bonds. The van der Waals surface area contributed by atoms with Crippen LogP contribution in [0.1, 0.15) is 10.5 Å². The summed E-state index contributed by atoms with van der Waals surface area (Å²) in [5.41, 5.74) is 3.37. The number of benzene rings is 1. The number of hydrogen-bond donors (Lipinski definition) is 2. The maximum atomic E-state index is 11.9. The third-order valence-electron chi connectivity index (χ3n) is 2.30. The third kappa shape index (κ3) is 3.21. The maximum absolute atomic E-state index is 11.9. The number of carbonyl (C=O) groups is 1. The van der Waals surface area contributed by atoms with Crippen molar-refractivity contribution < 1.29 is 4.79 Å². The van der Waals surface area contributed by atoms with E-state index in [1.54, 1.807) is 48.7 Å². The Bertz CT molecular complexity index is 638. The van der Waals surface area contributed by atoms with Crippen LogP contribution >= 0.6 is 11.6 Å². The molecule has 0 saturated carbocycles. The molecule has 0 atom stereocenters. The second-order valence-corrected chi connectivity index (χ2v) is 4.04. The summed E-state index contributed by atoms with van der Waals surface area (Å²) in [6, 6.07) is 11.8. The monoisotopic (exact) mass is 272 g/mol. The minimum absolute atomic E-state index is 0.225. The number of H-pyrrole nitrogens is 1. The van der Waals surface area contributed by atoms with Gasteiger partial charge >= 0.3 is 0 Å². The number of nitrogens with one attached hydrogen (secondary N) is 2. The van der Waals surface area contributed by atoms with Gasteiger partial charge in [-0.15, -0.1) is 0 Å². The Morgan fingerprint density at radius 3 is 2.63 bits per heavy atom. The molecule has 6 heteroatoms. The van der Waals surface area contributed by atoms with Gasteiger partial charge in [-0.25, -0.2) is 0 Å². The number of halogens is 1. The molecule has 0 saturated heterocycles. The molecule has 0 spiro atoms. The molecule has 0 radical (unpaired) electrons. The van der Waals surface area contributed by atoms with Crippen molar-refractivity contribution in [1.82, 2.24) is 4.98 Å². The highest BCUT2D eigenvalue weighted by Crippen LogP contribution is 2.13. The van der Waals surface area contributed by atoms with Crippen LogP contribution in [0.25, 0.3) is 0 Å². The molecule has 19 heavy (non-hydrogen) atoms. The summed E-state index contributed by atoms with van der Waals surface area (Å²) in [5, 5.41) is 13.3. The largest absolute Gasteiger partial charge is 0.358 e. The fraction of sp³-hybridized carbons (Fsp3) is 0. The van der Waals surface area contributed by atoms with Gasteiger partial charge in [-0.1, -0.05) is 11.6 Å². The summed E-state index contributed by atoms with van der Waals surface area (Å²) >= 11 is 5.75. The first kappa shape index (κ1) is 12.9. The van der Waals surface area contributed by atoms with Gasteiger partial charge in [0.25, 0.3) is 0 Å². The Morgan fingerprint density at radius 2 is 2.05 bits per heavy atom. The van der Waals surface area contributed by atoms with Gasteiger partial charge in [-0.3, -0.25) is 10.2 Å². The Balaban J connectivity index is 2.14. The summed E-state index contributed by atoms with van der Waals surface area (Å²) in [7, 11) is 0. The summed E-state index contributed by atoms with van der Waals surface area (Å²) in [4.78, 5) is 14.6. The van der Waals surface area contributed by atoms with E-state index in [4.69, 9.17) is 16.9 Å². The van der Waals surface area contributed by atoms with Gasteiger partial charge in [0.15, 0.2) is 0 Å². The van der Waals surface area contributed by atoms with Crippen LogP contribution in [0.15, 0.2) is 47.7 Å². The van der Waals surface area contributed by atoms with Gasteiger partial charge in [0, 0.05) is 11.2 Å². The van der Waals surface area contributed by atoms with Crippen molar-refractivity contribution in [2.24, 2.45) is 5.10 Å². The van der Waals surface area contributed by atoms with Crippen LogP contribution in [0.4, 0.5) is 5.69 Å². The number of ketones is 1. The molecule has 0 bridgehead atoms. The molecule has 0 aliphatic heterocycles. The van der Waals surface area contributed by atoms with Gasteiger partial charge < -0.3 is 4.98 Å². The van der Waals surface area contributed by atoms with E-state index in [0.29, 0.717) is 16.4 Å². The summed E-state index contributed by atoms with van der Waals surface area (Å²) < 4.78 is 0. The first-order valence-electron chi connectivity index (χ1n) is 5.38. The van der Waals surface area contributed by atoms with Crippen LogP contribution in [-0.4, -0.2) is 16.5 Å². The zero-order valence-corrected chi connectivity index (χ0v) is 10.5. The molecule has 2 N–H and O–H groups in total. The lowest BCUT2D eigenvalue weighted by Crippen LogP contribution is -2.14. The van der Waals surface area contributed by atoms with Crippen LogP contribution in [0.5, 0.6) is 0 Å². The topological polar surface area (TPSA) is 81.0 Å². The SMILES string of the molecule is N#C/C(=N\Nc1ccc(Cl)cc1)C(=O)c1ccc[nH]1. The Labute approximate surface area is 114 Å². The number of hydrazone groups is 1. The van der Waals surface area contributed by atoms with Gasteiger partial charge in [-0.05, 0) is 36.4 Å². The van der Waals surface area contributed by atoms with Gasteiger partial charge in [0.1, 0.15) is 6.07 Å². The Kier molecular flexibility index (Phi) is 3.96. The number of anilines is 1. The van der Waals surface area contributed by atoms with E-state index in [-0.39, 0.29) is 5.71 Å². The van der Waals surface area contributed by atoms with Crippen molar-refractivity contribution in [3.05, 3.63) is 53.3 Å². The second-order valence-electron chi connectivity index (χ2n) is 3.60. The zero-order chi connectivity index (χ0) is 13.7. The number of aromatic amines is 1. The molecule has 0 fully saturated rings. The molecule has 1 aromatic heterocycles. The molecule has 0 unspecified atom stereocenters. The average Bonchev–Trinajstić information content (AvgIpc) is 2.95. The number of Topliss-reactive ketones (excluding diaryl/α,β-unsaturated/α-hetero) is 1. The molecular weight excluding hydrogens is 264 g/mol. The standard InChI is InChI=1S/C13H9ClN4O/c14-9-3-5-10(6-4-9)17-18-12(8-15)13(19)11-2-1-7-16-11/h1-7,16-17H/b18-12+. The zero-order valence-electron chi connectivity index (χ0n) is 9.72. The predicted octanol–water partition coefficient (Wildman–Crippen LogP) is 2.84. The maximum Gasteiger partial charge on any atom is 0.240 e. The van der Waals surface area contributed by atoms with Crippen molar-refractivity contribution >= 4 is 28.8 Å². The second kappa shape index (κ2) is 5.85. The van der Waals surface area contributed by atoms with Crippen molar-refractivity contribution in [3.8, 4) is 6.07 Å². The summed E-state index contributed by atoms with van der Waals surface area (Å²) in [6.45, 7) is 0. The highest BCUT2D eigenvalue weighted by molar-refractivity contribution is 6.51. The number of aromatic nitrogens is 1. The fourth-order valence-corrected chi connectivity index (χ4v) is 1.50. The van der Waals surface area contributed by atoms with E-state index in [0.717, 1.165) is 0 Å². The van der Waals surface area contributed by atoms with Gasteiger partial charge in [0.2, 0.25) is 11.5 Å². The quantitative estimate of drug-likeness (QED) is 0.510. The molecule has 0 aliphatic carbocycles. The lowest BCUT2D eigenvalue weighted by molar-refractivity contribution is 0.106. The minimum atomic E-state index is -0.464. The van der Waals surface area contributed by atoms with E-state index >= 15 is 0 Å². The van der Waals surface area contributed by atoms with E-state index in [1.807, 2.05) is 0 Å². The molecule has 2 aromatic rings. The van der Waals surface area contributed by atoms with Crippen LogP contribution in [0.3, 0.4) is 0 Å². The van der Waals surface area contributed by atoms with Crippen LogP contribution < -0.4 is 5.43 Å². The number of rotatable bonds is 4. The van der Waals surface area contributed by atoms with Gasteiger partial charge in [-0.2, -0.15) is 10.4 Å². The van der Waals surface area contributed by atoms with Crippen molar-refractivity contribution in [2.75, 3.05) is 5.43 Å². The van der Waals surface area contributed by atoms with Gasteiger partial charge in [0.05, 0.1) is 11.4 Å². The van der Waals surface area contributed by atoms with E-state index < -0.39 is 5.78 Å². The smallest absolute Gasteiger partial charge is 0.240 e. The first-order valence-corrected chi connectivity index (χ1v) is 5.76. The Morgan fingerprint density at radius 1 is 1.32 bits per heavy atom. The highest BCUT2D eigenvalue weighted by atomic mass is 35.5. The molecule has 5 nitrogen and oxygen atoms in total. The third-order valence-corrected chi connectivity index (χ3v) is 2.56. The lowest BCUT2D eigenvalue weighted by Gasteiger charge is -2.00. The number of hydrogen-bond acceptors (Lipinski definition) is 4. The molecule has 1 heterocycles. The molecule has 94 valence electrons. The molecule has 1 aromatic carbocycles. The molecular formula is C13H9ClN4O. The van der Waals surface area contributed by atoms with Crippen molar-refractivity contribution in [3.63, 3.8) is 0 Å². The predicted molar refractivity (Wildman–Crippen MR) is 73.2 cm³/mol. The molecule has 2 rings (SSSR count). The minimum Gasteiger partial charge on any atom is -0.358 e. The number of nitrogens with zero attached hydrogens (tertiary/aromatic N) is 2. The normalized spacial score (nSPS) is 10.8. The van der Waals surface area contributed by atoms with Crippen molar-refractivity contribution in [2.45, 2.75) is 0 Å². The van der Waals surface area contributed by atoms with E-state index in [2.05, 4.69) is 15.5 Å². The van der Waals surface area contributed by atoms with E-state index in [1.165, 1.54) is 0 Å². The fourth-order valence-electron chi connectivity index (χ4n) is 1.37. The summed E-state index contributed by atoms with van der Waals surface area (Å²) in [5.74, 6) is -0.464.